The van der Waals surface area contributed by atoms with Crippen molar-refractivity contribution in [2.24, 2.45) is 23.7 Å². The number of fused-ring (bicyclic) bond motifs is 10. The summed E-state index contributed by atoms with van der Waals surface area (Å²) in [4.78, 5) is 18.3. The maximum absolute atomic E-state index is 9.05. The summed E-state index contributed by atoms with van der Waals surface area (Å²) in [5.41, 5.74) is 9.59. The van der Waals surface area contributed by atoms with Gasteiger partial charge in [-0.15, -0.1) is 0 Å². The Kier molecular flexibility index (Phi) is 8.43. The molecule has 13 rings (SSSR count). The Labute approximate surface area is 351 Å². The molecule has 4 saturated carbocycles. The molecule has 298 valence electrons. The van der Waals surface area contributed by atoms with Gasteiger partial charge in [0.2, 0.25) is 11.4 Å². The molecule has 59 heavy (non-hydrogen) atoms. The van der Waals surface area contributed by atoms with Gasteiger partial charge in [-0.2, -0.15) is 0 Å². The van der Waals surface area contributed by atoms with Gasteiger partial charge in [0.15, 0.2) is 0 Å². The SMILES string of the molecule is C1CCOC1.Cc1ccc2c(n1)oc1c(-c3ccc(C4CC5CCC4C5)cn3)cccc12.[2H]C([2H])([2H])c1ccc2c(n1)oc1c(-c3ccc(C4([2H])CC5CCC4C5)cn3)cccc12. The van der Waals surface area contributed by atoms with Crippen molar-refractivity contribution in [3.63, 3.8) is 0 Å². The zero-order valence-electron chi connectivity index (χ0n) is 37.6. The normalized spacial score (nSPS) is 26.7. The van der Waals surface area contributed by atoms with Gasteiger partial charge in [-0.05, 0) is 160 Å². The highest BCUT2D eigenvalue weighted by molar-refractivity contribution is 6.09. The highest BCUT2D eigenvalue weighted by atomic mass is 16.5. The lowest BCUT2D eigenvalue weighted by Crippen LogP contribution is -2.08. The summed E-state index contributed by atoms with van der Waals surface area (Å²) in [5.74, 6) is 3.20. The van der Waals surface area contributed by atoms with Crippen LogP contribution >= 0.6 is 0 Å². The number of ether oxygens (including phenoxy) is 1. The van der Waals surface area contributed by atoms with Crippen molar-refractivity contribution in [3.05, 3.63) is 120 Å². The number of furan rings is 2. The number of aromatic nitrogens is 4. The van der Waals surface area contributed by atoms with Crippen molar-refractivity contribution >= 4 is 44.1 Å². The Balaban J connectivity index is 0.000000128. The predicted molar refractivity (Wildman–Crippen MR) is 235 cm³/mol. The third-order valence-electron chi connectivity index (χ3n) is 13.9. The van der Waals surface area contributed by atoms with E-state index >= 15 is 0 Å². The van der Waals surface area contributed by atoms with Crippen molar-refractivity contribution < 1.29 is 19.1 Å². The van der Waals surface area contributed by atoms with E-state index in [-0.39, 0.29) is 5.69 Å². The van der Waals surface area contributed by atoms with Crippen molar-refractivity contribution in [2.45, 2.75) is 89.8 Å². The number of pyridine rings is 4. The molecule has 7 nitrogen and oxygen atoms in total. The average molecular weight is 785 g/mol. The summed E-state index contributed by atoms with van der Waals surface area (Å²) in [6.07, 6.45) is 16.7. The van der Waals surface area contributed by atoms with Crippen LogP contribution in [0.25, 0.3) is 66.7 Å². The lowest BCUT2D eigenvalue weighted by Gasteiger charge is -2.21. The predicted octanol–water partition coefficient (Wildman–Crippen LogP) is 13.3. The quantitative estimate of drug-likeness (QED) is 0.176. The maximum Gasteiger partial charge on any atom is 0.227 e. The maximum atomic E-state index is 9.05. The molecular formula is C52H52N4O3. The molecule has 4 aliphatic carbocycles. The Hall–Kier alpha value is -5.40. The number of hydrogen-bond acceptors (Lipinski definition) is 7. The second-order valence-electron chi connectivity index (χ2n) is 17.5. The molecule has 6 atom stereocenters. The average Bonchev–Trinajstić information content (AvgIpc) is 4.17. The number of nitrogens with zero attached hydrogens (tertiary/aromatic N) is 4. The largest absolute Gasteiger partial charge is 0.437 e. The first-order valence-electron chi connectivity index (χ1n) is 23.7. The van der Waals surface area contributed by atoms with Gasteiger partial charge in [-0.3, -0.25) is 9.97 Å². The lowest BCUT2D eigenvalue weighted by molar-refractivity contribution is 0.198. The van der Waals surface area contributed by atoms with Crippen LogP contribution in [-0.4, -0.2) is 33.1 Å². The van der Waals surface area contributed by atoms with E-state index < -0.39 is 12.7 Å². The number of rotatable bonds is 4. The van der Waals surface area contributed by atoms with Crippen molar-refractivity contribution in [1.29, 1.82) is 0 Å². The van der Waals surface area contributed by atoms with Crippen LogP contribution in [0.5, 0.6) is 0 Å². The molecule has 8 aromatic rings. The van der Waals surface area contributed by atoms with Gasteiger partial charge in [0, 0.05) is 75.2 Å². The minimum absolute atomic E-state index is 0.0229. The molecule has 1 aliphatic heterocycles. The molecule has 2 aromatic carbocycles. The Bertz CT molecular complexity index is 2950. The fourth-order valence-electron chi connectivity index (χ4n) is 11.0. The molecule has 0 N–H and O–H groups in total. The first-order valence-corrected chi connectivity index (χ1v) is 21.7. The molecule has 4 bridgehead atoms. The smallest absolute Gasteiger partial charge is 0.227 e. The van der Waals surface area contributed by atoms with Crippen LogP contribution in [0.15, 0.2) is 106 Å². The van der Waals surface area contributed by atoms with Crippen molar-refractivity contribution in [3.8, 4) is 22.5 Å². The summed E-state index contributed by atoms with van der Waals surface area (Å²) in [7, 11) is 0. The van der Waals surface area contributed by atoms with E-state index in [0.29, 0.717) is 28.8 Å². The molecule has 7 heteroatoms. The molecular weight excluding hydrogens is 729 g/mol. The van der Waals surface area contributed by atoms with Crippen LogP contribution in [0.2, 0.25) is 0 Å². The van der Waals surface area contributed by atoms with Crippen LogP contribution in [0.3, 0.4) is 0 Å². The third-order valence-corrected chi connectivity index (χ3v) is 13.9. The highest BCUT2D eigenvalue weighted by Gasteiger charge is 2.41. The Morgan fingerprint density at radius 1 is 0.576 bits per heavy atom. The molecule has 5 aliphatic rings. The second-order valence-corrected chi connectivity index (χ2v) is 17.5. The van der Waals surface area contributed by atoms with E-state index in [1.807, 2.05) is 49.5 Å². The zero-order valence-corrected chi connectivity index (χ0v) is 33.6. The van der Waals surface area contributed by atoms with Gasteiger partial charge in [-0.1, -0.05) is 49.2 Å². The number of aryl methyl sites for hydroxylation is 2. The van der Waals surface area contributed by atoms with Gasteiger partial charge >= 0.3 is 0 Å². The highest BCUT2D eigenvalue weighted by Crippen LogP contribution is 2.54. The number of benzene rings is 2. The van der Waals surface area contributed by atoms with Crippen LogP contribution in [-0.2, 0) is 4.74 Å². The van der Waals surface area contributed by atoms with Crippen molar-refractivity contribution in [2.75, 3.05) is 13.2 Å². The van der Waals surface area contributed by atoms with E-state index in [2.05, 4.69) is 52.6 Å². The monoisotopic (exact) mass is 784 g/mol. The van der Waals surface area contributed by atoms with Crippen LogP contribution in [0.1, 0.15) is 104 Å². The second kappa shape index (κ2) is 15.3. The van der Waals surface area contributed by atoms with E-state index in [4.69, 9.17) is 29.0 Å². The standard InChI is InChI=1S/2C24H22N2O.C4H8O/c2*1-14-5-9-19-18-3-2-4-20(23(18)27-24(19)26-14)22-10-8-17(13-25-22)21-12-15-6-7-16(21)11-15;1-2-4-5-3-1/h2*2-5,8-10,13,15-16,21H,6-7,11-12H2,1H3;1-4H2/i1D3,21D;;. The van der Waals surface area contributed by atoms with E-state index in [1.54, 1.807) is 6.07 Å². The summed E-state index contributed by atoms with van der Waals surface area (Å²) in [6, 6.07) is 28.0. The number of hydrogen-bond donors (Lipinski definition) is 0. The van der Waals surface area contributed by atoms with Gasteiger partial charge < -0.3 is 13.6 Å². The van der Waals surface area contributed by atoms with Gasteiger partial charge in [0.1, 0.15) is 11.2 Å². The Morgan fingerprint density at radius 3 is 1.68 bits per heavy atom. The fourth-order valence-corrected chi connectivity index (χ4v) is 11.0. The van der Waals surface area contributed by atoms with Crippen LogP contribution in [0.4, 0.5) is 0 Å². The molecule has 0 amide bonds. The lowest BCUT2D eigenvalue weighted by atomic mass is 9.84. The van der Waals surface area contributed by atoms with Gasteiger partial charge in [0.05, 0.1) is 11.4 Å². The third kappa shape index (κ3) is 6.91. The minimum atomic E-state index is -2.28. The summed E-state index contributed by atoms with van der Waals surface area (Å²) >= 11 is 0. The first-order chi connectivity index (χ1) is 30.6. The summed E-state index contributed by atoms with van der Waals surface area (Å²) < 4.78 is 49.0. The summed E-state index contributed by atoms with van der Waals surface area (Å²) in [5, 5.41) is 3.84. The molecule has 5 fully saturated rings. The molecule has 6 unspecified atom stereocenters. The van der Waals surface area contributed by atoms with E-state index in [0.717, 1.165) is 105 Å². The van der Waals surface area contributed by atoms with E-state index in [9.17, 15) is 0 Å². The Morgan fingerprint density at radius 2 is 1.17 bits per heavy atom. The van der Waals surface area contributed by atoms with E-state index in [1.165, 1.54) is 63.0 Å². The molecule has 7 heterocycles. The number of para-hydroxylation sites is 2. The molecule has 0 radical (unpaired) electrons. The molecule has 1 saturated heterocycles. The molecule has 6 aromatic heterocycles. The first kappa shape index (κ1) is 32.5. The topological polar surface area (TPSA) is 87.1 Å². The van der Waals surface area contributed by atoms with Crippen LogP contribution in [0, 0.1) is 37.4 Å². The fraction of sp³-hybridized carbons (Fsp3) is 0.385. The van der Waals surface area contributed by atoms with Crippen molar-refractivity contribution in [1.82, 2.24) is 19.9 Å². The van der Waals surface area contributed by atoms with Gasteiger partial charge in [-0.25, -0.2) is 9.97 Å². The van der Waals surface area contributed by atoms with Gasteiger partial charge in [0.25, 0.3) is 0 Å². The van der Waals surface area contributed by atoms with Crippen LogP contribution < -0.4 is 0 Å². The summed E-state index contributed by atoms with van der Waals surface area (Å²) in [6.45, 7) is 1.71. The minimum Gasteiger partial charge on any atom is -0.437 e. The molecule has 0 spiro atoms. The zero-order chi connectivity index (χ0) is 42.9.